The lowest BCUT2D eigenvalue weighted by Crippen LogP contribution is -2.20. The van der Waals surface area contributed by atoms with E-state index in [1.807, 2.05) is 37.4 Å². The zero-order chi connectivity index (χ0) is 16.8. The van der Waals surface area contributed by atoms with Crippen LogP contribution < -0.4 is 11.1 Å². The monoisotopic (exact) mass is 321 g/mol. The van der Waals surface area contributed by atoms with E-state index in [2.05, 4.69) is 42.3 Å². The van der Waals surface area contributed by atoms with E-state index in [9.17, 15) is 0 Å². The van der Waals surface area contributed by atoms with Gasteiger partial charge in [0.05, 0.1) is 18.4 Å². The molecule has 0 radical (unpaired) electrons. The molecular formula is C17H19N7. The number of rotatable bonds is 6. The van der Waals surface area contributed by atoms with E-state index >= 15 is 0 Å². The number of nitrogens with zero attached hydrogens (tertiary/aromatic N) is 5. The van der Waals surface area contributed by atoms with Gasteiger partial charge in [-0.3, -0.25) is 9.88 Å². The van der Waals surface area contributed by atoms with Gasteiger partial charge in [-0.2, -0.15) is 15.0 Å². The number of aromatic nitrogens is 4. The Kier molecular flexibility index (Phi) is 4.93. The first-order chi connectivity index (χ1) is 11.7. The van der Waals surface area contributed by atoms with Crippen molar-refractivity contribution >= 4 is 17.6 Å². The number of nitrogens with one attached hydrogen (secondary N) is 1. The van der Waals surface area contributed by atoms with Crippen molar-refractivity contribution in [3.8, 4) is 0 Å². The number of benzene rings is 1. The van der Waals surface area contributed by atoms with Crippen molar-refractivity contribution < 1.29 is 0 Å². The molecule has 0 amide bonds. The van der Waals surface area contributed by atoms with Gasteiger partial charge >= 0.3 is 0 Å². The molecular weight excluding hydrogens is 302 g/mol. The highest BCUT2D eigenvalue weighted by atomic mass is 15.2. The van der Waals surface area contributed by atoms with Gasteiger partial charge in [-0.15, -0.1) is 0 Å². The molecule has 2 heterocycles. The first-order valence-electron chi connectivity index (χ1n) is 7.59. The molecule has 3 rings (SSSR count). The van der Waals surface area contributed by atoms with Crippen LogP contribution in [0.5, 0.6) is 0 Å². The summed E-state index contributed by atoms with van der Waals surface area (Å²) in [7, 11) is 2.02. The average molecular weight is 321 g/mol. The van der Waals surface area contributed by atoms with Crippen molar-refractivity contribution in [2.45, 2.75) is 13.1 Å². The van der Waals surface area contributed by atoms with Gasteiger partial charge in [0.1, 0.15) is 5.82 Å². The Morgan fingerprint density at radius 2 is 1.83 bits per heavy atom. The summed E-state index contributed by atoms with van der Waals surface area (Å²) < 4.78 is 0. The van der Waals surface area contributed by atoms with Crippen LogP contribution in [-0.2, 0) is 13.1 Å². The van der Waals surface area contributed by atoms with Gasteiger partial charge in [0, 0.05) is 12.7 Å². The number of hydrogen-bond donors (Lipinski definition) is 2. The van der Waals surface area contributed by atoms with E-state index in [0.29, 0.717) is 18.3 Å². The van der Waals surface area contributed by atoms with Crippen LogP contribution in [0, 0.1) is 0 Å². The molecule has 1 aromatic carbocycles. The van der Waals surface area contributed by atoms with Gasteiger partial charge in [0.25, 0.3) is 0 Å². The molecule has 0 spiro atoms. The van der Waals surface area contributed by atoms with Crippen LogP contribution in [0.2, 0.25) is 0 Å². The molecule has 24 heavy (non-hydrogen) atoms. The van der Waals surface area contributed by atoms with Crippen LogP contribution in [0.3, 0.4) is 0 Å². The number of anilines is 3. The third-order valence-electron chi connectivity index (χ3n) is 3.32. The highest BCUT2D eigenvalue weighted by Gasteiger charge is 2.08. The van der Waals surface area contributed by atoms with Crippen LogP contribution in [0.15, 0.2) is 54.9 Å². The van der Waals surface area contributed by atoms with E-state index < -0.39 is 0 Å². The molecule has 2 aromatic heterocycles. The third kappa shape index (κ3) is 4.47. The van der Waals surface area contributed by atoms with E-state index in [1.165, 1.54) is 5.56 Å². The highest BCUT2D eigenvalue weighted by Crippen LogP contribution is 2.13. The minimum absolute atomic E-state index is 0.194. The largest absolute Gasteiger partial charge is 0.368 e. The average Bonchev–Trinajstić information content (AvgIpc) is 2.56. The Morgan fingerprint density at radius 3 is 2.58 bits per heavy atom. The Balaban J connectivity index is 1.69. The zero-order valence-electron chi connectivity index (χ0n) is 13.4. The molecule has 0 aliphatic rings. The molecule has 3 aromatic rings. The molecule has 7 heteroatoms. The maximum absolute atomic E-state index is 5.80. The van der Waals surface area contributed by atoms with Crippen molar-refractivity contribution in [2.24, 2.45) is 0 Å². The zero-order valence-corrected chi connectivity index (χ0v) is 13.4. The van der Waals surface area contributed by atoms with Crippen LogP contribution in [0.25, 0.3) is 0 Å². The minimum atomic E-state index is 0.194. The van der Waals surface area contributed by atoms with Gasteiger partial charge in [-0.25, -0.2) is 0 Å². The number of nitrogens with two attached hydrogens (primary N) is 1. The molecule has 0 fully saturated rings. The predicted octanol–water partition coefficient (Wildman–Crippen LogP) is 2.22. The van der Waals surface area contributed by atoms with Gasteiger partial charge in [-0.05, 0) is 24.7 Å². The smallest absolute Gasteiger partial charge is 0.232 e. The Hall–Kier alpha value is -3.06. The first-order valence-corrected chi connectivity index (χ1v) is 7.59. The fraction of sp³-hybridized carbons (Fsp3) is 0.176. The fourth-order valence-corrected chi connectivity index (χ4v) is 2.32. The second-order valence-corrected chi connectivity index (χ2v) is 5.46. The predicted molar refractivity (Wildman–Crippen MR) is 93.4 cm³/mol. The SMILES string of the molecule is CN(Cc1ccccc1)Cc1nc(N)nc(Nc2cccnc2)n1. The van der Waals surface area contributed by atoms with Crippen molar-refractivity contribution in [1.29, 1.82) is 0 Å². The molecule has 0 atom stereocenters. The maximum Gasteiger partial charge on any atom is 0.232 e. The second kappa shape index (κ2) is 7.47. The Bertz CT molecular complexity index is 777. The Labute approximate surface area is 140 Å². The number of hydrogen-bond acceptors (Lipinski definition) is 7. The van der Waals surface area contributed by atoms with Gasteiger partial charge in [-0.1, -0.05) is 30.3 Å². The molecule has 122 valence electrons. The molecule has 0 aliphatic heterocycles. The van der Waals surface area contributed by atoms with Crippen molar-refractivity contribution in [1.82, 2.24) is 24.8 Å². The molecule has 0 saturated heterocycles. The lowest BCUT2D eigenvalue weighted by atomic mass is 10.2. The summed E-state index contributed by atoms with van der Waals surface area (Å²) in [6.45, 7) is 1.38. The normalized spacial score (nSPS) is 10.8. The van der Waals surface area contributed by atoms with Crippen LogP contribution in [-0.4, -0.2) is 31.9 Å². The summed E-state index contributed by atoms with van der Waals surface area (Å²) in [6, 6.07) is 14.0. The molecule has 0 aliphatic carbocycles. The van der Waals surface area contributed by atoms with Gasteiger partial charge < -0.3 is 11.1 Å². The van der Waals surface area contributed by atoms with Crippen molar-refractivity contribution in [3.63, 3.8) is 0 Å². The standard InChI is InChI=1S/C17H19N7/c1-24(11-13-6-3-2-4-7-13)12-15-21-16(18)23-17(22-15)20-14-8-5-9-19-10-14/h2-10H,11-12H2,1H3,(H3,18,20,21,22,23). The van der Waals surface area contributed by atoms with Crippen molar-refractivity contribution in [2.75, 3.05) is 18.1 Å². The lowest BCUT2D eigenvalue weighted by Gasteiger charge is -2.16. The fourth-order valence-electron chi connectivity index (χ4n) is 2.32. The quantitative estimate of drug-likeness (QED) is 0.719. The van der Waals surface area contributed by atoms with Crippen molar-refractivity contribution in [3.05, 3.63) is 66.2 Å². The number of pyridine rings is 1. The number of nitrogen functional groups attached to an aromatic ring is 1. The summed E-state index contributed by atoms with van der Waals surface area (Å²) in [5.74, 6) is 1.23. The third-order valence-corrected chi connectivity index (χ3v) is 3.32. The first kappa shape index (κ1) is 15.8. The van der Waals surface area contributed by atoms with Gasteiger partial charge in [0.2, 0.25) is 11.9 Å². The Morgan fingerprint density at radius 1 is 1.00 bits per heavy atom. The highest BCUT2D eigenvalue weighted by molar-refractivity contribution is 5.51. The summed E-state index contributed by atoms with van der Waals surface area (Å²) in [5, 5.41) is 3.08. The van der Waals surface area contributed by atoms with Crippen LogP contribution in [0.4, 0.5) is 17.6 Å². The summed E-state index contributed by atoms with van der Waals surface area (Å²) in [6.07, 6.45) is 3.40. The topological polar surface area (TPSA) is 92.9 Å². The summed E-state index contributed by atoms with van der Waals surface area (Å²) in [4.78, 5) is 18.9. The van der Waals surface area contributed by atoms with E-state index in [4.69, 9.17) is 5.73 Å². The second-order valence-electron chi connectivity index (χ2n) is 5.46. The molecule has 0 saturated carbocycles. The molecule has 0 unspecified atom stereocenters. The van der Waals surface area contributed by atoms with Crippen LogP contribution >= 0.6 is 0 Å². The molecule has 0 bridgehead atoms. The maximum atomic E-state index is 5.80. The van der Waals surface area contributed by atoms with Gasteiger partial charge in [0.15, 0.2) is 0 Å². The summed E-state index contributed by atoms with van der Waals surface area (Å²) >= 11 is 0. The lowest BCUT2D eigenvalue weighted by molar-refractivity contribution is 0.310. The van der Waals surface area contributed by atoms with E-state index in [-0.39, 0.29) is 5.95 Å². The molecule has 7 nitrogen and oxygen atoms in total. The van der Waals surface area contributed by atoms with E-state index in [1.54, 1.807) is 12.4 Å². The molecule has 3 N–H and O–H groups in total. The minimum Gasteiger partial charge on any atom is -0.368 e. The summed E-state index contributed by atoms with van der Waals surface area (Å²) in [5.41, 5.74) is 7.84. The van der Waals surface area contributed by atoms with Crippen LogP contribution in [0.1, 0.15) is 11.4 Å². The van der Waals surface area contributed by atoms with E-state index in [0.717, 1.165) is 12.2 Å².